The number of aromatic nitrogens is 1. The van der Waals surface area contributed by atoms with Gasteiger partial charge in [0.2, 0.25) is 0 Å². The monoisotopic (exact) mass is 335 g/mol. The van der Waals surface area contributed by atoms with Gasteiger partial charge in [-0.2, -0.15) is 0 Å². The molecule has 0 unspecified atom stereocenters. The average Bonchev–Trinajstić information content (AvgIpc) is 3.12. The van der Waals surface area contributed by atoms with Crippen LogP contribution in [0.15, 0.2) is 89.5 Å². The molecule has 0 aliphatic carbocycles. The molecule has 26 heavy (non-hydrogen) atoms. The normalized spacial score (nSPS) is 10.2. The molecule has 4 rings (SSSR count). The Kier molecular flexibility index (Phi) is 4.37. The number of rotatable bonds is 2. The van der Waals surface area contributed by atoms with Crippen LogP contribution >= 0.6 is 0 Å². The number of hydrogen-bond acceptors (Lipinski definition) is 2. The SMILES string of the molecule is Cc1ccc(-c2onc(-c3ccccc3)c2C#Cc2ccccc2)cc1. The van der Waals surface area contributed by atoms with Crippen LogP contribution in [0.25, 0.3) is 22.6 Å². The van der Waals surface area contributed by atoms with E-state index >= 15 is 0 Å². The highest BCUT2D eigenvalue weighted by Gasteiger charge is 2.17. The molecule has 0 saturated carbocycles. The zero-order valence-electron chi connectivity index (χ0n) is 14.4. The molecule has 1 aromatic heterocycles. The standard InChI is InChI=1S/C24H17NO/c1-18-12-15-21(16-13-18)24-22(17-14-19-8-4-2-5-9-19)23(25-26-24)20-10-6-3-7-11-20/h2-13,15-16H,1H3. The van der Waals surface area contributed by atoms with Crippen LogP contribution in [-0.4, -0.2) is 5.16 Å². The average molecular weight is 335 g/mol. The molecule has 4 aromatic rings. The lowest BCUT2D eigenvalue weighted by atomic mass is 10.0. The molecule has 0 fully saturated rings. The van der Waals surface area contributed by atoms with Gasteiger partial charge in [-0.1, -0.05) is 95.4 Å². The van der Waals surface area contributed by atoms with Gasteiger partial charge in [-0.15, -0.1) is 0 Å². The summed E-state index contributed by atoms with van der Waals surface area (Å²) in [6, 6.07) is 28.1. The van der Waals surface area contributed by atoms with Crippen LogP contribution in [0.4, 0.5) is 0 Å². The highest BCUT2D eigenvalue weighted by Crippen LogP contribution is 2.31. The topological polar surface area (TPSA) is 26.0 Å². The van der Waals surface area contributed by atoms with Crippen molar-refractivity contribution in [2.45, 2.75) is 6.92 Å². The first-order valence-corrected chi connectivity index (χ1v) is 8.50. The molecule has 2 nitrogen and oxygen atoms in total. The number of nitrogens with zero attached hydrogens (tertiary/aromatic N) is 1. The van der Waals surface area contributed by atoms with Crippen molar-refractivity contribution in [3.05, 3.63) is 102 Å². The van der Waals surface area contributed by atoms with Crippen LogP contribution in [0, 0.1) is 18.8 Å². The summed E-state index contributed by atoms with van der Waals surface area (Å²) in [5.74, 6) is 7.21. The fourth-order valence-corrected chi connectivity index (χ4v) is 2.76. The van der Waals surface area contributed by atoms with Crippen LogP contribution in [0.2, 0.25) is 0 Å². The summed E-state index contributed by atoms with van der Waals surface area (Å²) in [5, 5.41) is 4.32. The third kappa shape index (κ3) is 3.29. The molecule has 0 radical (unpaired) electrons. The first kappa shape index (κ1) is 15.9. The minimum Gasteiger partial charge on any atom is -0.354 e. The Bertz CT molecular complexity index is 1070. The van der Waals surface area contributed by atoms with Crippen molar-refractivity contribution in [2.75, 3.05) is 0 Å². The molecule has 124 valence electrons. The molecule has 0 aliphatic rings. The van der Waals surface area contributed by atoms with Gasteiger partial charge in [0.1, 0.15) is 11.3 Å². The van der Waals surface area contributed by atoms with E-state index in [1.807, 2.05) is 72.8 Å². The maximum atomic E-state index is 5.71. The molecular formula is C24H17NO. The third-order valence-electron chi connectivity index (χ3n) is 4.16. The minimum atomic E-state index is 0.701. The van der Waals surface area contributed by atoms with Gasteiger partial charge in [0.15, 0.2) is 5.76 Å². The van der Waals surface area contributed by atoms with Crippen LogP contribution in [0.1, 0.15) is 16.7 Å². The van der Waals surface area contributed by atoms with Crippen molar-refractivity contribution >= 4 is 0 Å². The molecule has 0 aliphatic heterocycles. The fourth-order valence-electron chi connectivity index (χ4n) is 2.76. The van der Waals surface area contributed by atoms with Crippen molar-refractivity contribution in [1.29, 1.82) is 0 Å². The van der Waals surface area contributed by atoms with E-state index in [9.17, 15) is 0 Å². The largest absolute Gasteiger partial charge is 0.354 e. The van der Waals surface area contributed by atoms with Gasteiger partial charge in [0.05, 0.1) is 0 Å². The lowest BCUT2D eigenvalue weighted by Gasteiger charge is -1.99. The van der Waals surface area contributed by atoms with E-state index in [1.165, 1.54) is 5.56 Å². The van der Waals surface area contributed by atoms with E-state index in [-0.39, 0.29) is 0 Å². The van der Waals surface area contributed by atoms with E-state index < -0.39 is 0 Å². The van der Waals surface area contributed by atoms with Crippen molar-refractivity contribution in [1.82, 2.24) is 5.16 Å². The number of benzene rings is 3. The van der Waals surface area contributed by atoms with E-state index in [4.69, 9.17) is 4.52 Å². The predicted octanol–water partition coefficient (Wildman–Crippen LogP) is 5.72. The second kappa shape index (κ2) is 7.13. The number of hydrogen-bond donors (Lipinski definition) is 0. The van der Waals surface area contributed by atoms with Gasteiger partial charge in [-0.3, -0.25) is 0 Å². The summed E-state index contributed by atoms with van der Waals surface area (Å²) >= 11 is 0. The summed E-state index contributed by atoms with van der Waals surface area (Å²) in [4.78, 5) is 0. The molecule has 0 saturated heterocycles. The first-order valence-electron chi connectivity index (χ1n) is 8.50. The first-order chi connectivity index (χ1) is 12.8. The Balaban J connectivity index is 1.86. The molecule has 0 spiro atoms. The van der Waals surface area contributed by atoms with Gasteiger partial charge in [-0.25, -0.2) is 0 Å². The zero-order chi connectivity index (χ0) is 17.8. The summed E-state index contributed by atoms with van der Waals surface area (Å²) in [7, 11) is 0. The Morgan fingerprint density at radius 2 is 1.35 bits per heavy atom. The lowest BCUT2D eigenvalue weighted by Crippen LogP contribution is -1.85. The van der Waals surface area contributed by atoms with E-state index in [0.717, 1.165) is 27.9 Å². The zero-order valence-corrected chi connectivity index (χ0v) is 14.4. The van der Waals surface area contributed by atoms with E-state index in [1.54, 1.807) is 0 Å². The number of aryl methyl sites for hydroxylation is 1. The van der Waals surface area contributed by atoms with Gasteiger partial charge >= 0.3 is 0 Å². The maximum Gasteiger partial charge on any atom is 0.183 e. The second-order valence-corrected chi connectivity index (χ2v) is 6.08. The predicted molar refractivity (Wildman–Crippen MR) is 105 cm³/mol. The minimum absolute atomic E-state index is 0.701. The summed E-state index contributed by atoms with van der Waals surface area (Å²) < 4.78 is 5.71. The van der Waals surface area contributed by atoms with Crippen LogP contribution in [-0.2, 0) is 0 Å². The molecule has 0 amide bonds. The fraction of sp³-hybridized carbons (Fsp3) is 0.0417. The highest BCUT2D eigenvalue weighted by molar-refractivity contribution is 5.77. The summed E-state index contributed by atoms with van der Waals surface area (Å²) in [6.07, 6.45) is 0. The van der Waals surface area contributed by atoms with Crippen LogP contribution < -0.4 is 0 Å². The molecule has 3 aromatic carbocycles. The summed E-state index contributed by atoms with van der Waals surface area (Å²) in [6.45, 7) is 2.07. The highest BCUT2D eigenvalue weighted by atomic mass is 16.5. The van der Waals surface area contributed by atoms with Gasteiger partial charge in [0.25, 0.3) is 0 Å². The van der Waals surface area contributed by atoms with Crippen molar-refractivity contribution in [3.63, 3.8) is 0 Å². The van der Waals surface area contributed by atoms with Crippen LogP contribution in [0.5, 0.6) is 0 Å². The Labute approximate surface area is 153 Å². The summed E-state index contributed by atoms with van der Waals surface area (Å²) in [5.41, 5.74) is 5.71. The third-order valence-corrected chi connectivity index (χ3v) is 4.16. The molecule has 0 N–H and O–H groups in total. The molecule has 1 heterocycles. The van der Waals surface area contributed by atoms with Gasteiger partial charge in [-0.05, 0) is 19.1 Å². The van der Waals surface area contributed by atoms with E-state index in [0.29, 0.717) is 5.76 Å². The van der Waals surface area contributed by atoms with Crippen molar-refractivity contribution in [2.24, 2.45) is 0 Å². The van der Waals surface area contributed by atoms with Crippen molar-refractivity contribution in [3.8, 4) is 34.4 Å². The van der Waals surface area contributed by atoms with Crippen LogP contribution in [0.3, 0.4) is 0 Å². The molecule has 0 bridgehead atoms. The van der Waals surface area contributed by atoms with Crippen molar-refractivity contribution < 1.29 is 4.52 Å². The maximum absolute atomic E-state index is 5.71. The van der Waals surface area contributed by atoms with E-state index in [2.05, 4.69) is 36.1 Å². The quantitative estimate of drug-likeness (QED) is 0.438. The smallest absolute Gasteiger partial charge is 0.183 e. The molecule has 0 atom stereocenters. The van der Waals surface area contributed by atoms with Gasteiger partial charge < -0.3 is 4.52 Å². The Hall–Kier alpha value is -3.57. The van der Waals surface area contributed by atoms with Gasteiger partial charge in [0, 0.05) is 16.7 Å². The second-order valence-electron chi connectivity index (χ2n) is 6.08. The molecule has 2 heteroatoms. The molecular weight excluding hydrogens is 318 g/mol. The Morgan fingerprint density at radius 3 is 2.04 bits per heavy atom. The lowest BCUT2D eigenvalue weighted by molar-refractivity contribution is 0.435. The Morgan fingerprint density at radius 1 is 0.692 bits per heavy atom.